The van der Waals surface area contributed by atoms with E-state index >= 15 is 0 Å². The summed E-state index contributed by atoms with van der Waals surface area (Å²) >= 11 is 0. The number of pyridine rings is 1. The standard InChI is InChI=1S/C27H32F2N6O2/c1-3-35(4-2)25(17-9-11-19(28)20(29)15-17)14-13-22(34-27(31)37)18-10-12-24(32-16-18)26(36)33-23-8-6-5-7-21(23)30/h5-12,15-16,22,25H,3-4,13-14,30H2,1-2H3,(H,33,36)(H3,31,34,37). The monoisotopic (exact) mass is 510 g/mol. The number of urea groups is 1. The lowest BCUT2D eigenvalue weighted by atomic mass is 9.95. The Morgan fingerprint density at radius 2 is 1.68 bits per heavy atom. The van der Waals surface area contributed by atoms with Gasteiger partial charge in [0.25, 0.3) is 5.91 Å². The second kappa shape index (κ2) is 12.8. The van der Waals surface area contributed by atoms with E-state index in [9.17, 15) is 18.4 Å². The average Bonchev–Trinajstić information content (AvgIpc) is 2.88. The van der Waals surface area contributed by atoms with Crippen LogP contribution >= 0.6 is 0 Å². The fraction of sp³-hybridized carbons (Fsp3) is 0.296. The SMILES string of the molecule is CCN(CC)C(CCC(NC(N)=O)c1ccc(C(=O)Nc2ccccc2N)nc1)c1ccc(F)c(F)c1. The number of amides is 3. The molecule has 0 saturated heterocycles. The average molecular weight is 511 g/mol. The fourth-order valence-corrected chi connectivity index (χ4v) is 4.31. The first-order chi connectivity index (χ1) is 17.7. The Labute approximate surface area is 215 Å². The summed E-state index contributed by atoms with van der Waals surface area (Å²) in [5, 5.41) is 5.44. The minimum Gasteiger partial charge on any atom is -0.397 e. The molecule has 8 nitrogen and oxygen atoms in total. The largest absolute Gasteiger partial charge is 0.397 e. The van der Waals surface area contributed by atoms with Crippen molar-refractivity contribution in [2.45, 2.75) is 38.8 Å². The molecule has 3 rings (SSSR count). The first-order valence-corrected chi connectivity index (χ1v) is 12.1. The van der Waals surface area contributed by atoms with Gasteiger partial charge >= 0.3 is 6.03 Å². The van der Waals surface area contributed by atoms with Gasteiger partial charge in [-0.25, -0.2) is 13.6 Å². The van der Waals surface area contributed by atoms with Crippen LogP contribution in [-0.4, -0.2) is 34.9 Å². The van der Waals surface area contributed by atoms with Crippen molar-refractivity contribution in [2.75, 3.05) is 24.1 Å². The molecular weight excluding hydrogens is 478 g/mol. The number of carbonyl (C=O) groups is 2. The molecular formula is C27H32F2N6O2. The van der Waals surface area contributed by atoms with E-state index in [4.69, 9.17) is 11.5 Å². The second-order valence-electron chi connectivity index (χ2n) is 8.57. The van der Waals surface area contributed by atoms with Crippen LogP contribution in [0.1, 0.15) is 60.4 Å². The maximum absolute atomic E-state index is 14.0. The molecule has 1 aromatic heterocycles. The van der Waals surface area contributed by atoms with Crippen LogP contribution in [0.15, 0.2) is 60.8 Å². The molecule has 3 amide bonds. The Kier molecular flexibility index (Phi) is 9.51. The normalized spacial score (nSPS) is 12.7. The number of para-hydroxylation sites is 2. The van der Waals surface area contributed by atoms with Crippen molar-refractivity contribution in [3.63, 3.8) is 0 Å². The van der Waals surface area contributed by atoms with Crippen molar-refractivity contribution >= 4 is 23.3 Å². The molecule has 2 atom stereocenters. The highest BCUT2D eigenvalue weighted by molar-refractivity contribution is 6.04. The van der Waals surface area contributed by atoms with Crippen LogP contribution in [0, 0.1) is 11.6 Å². The van der Waals surface area contributed by atoms with Gasteiger partial charge in [0.1, 0.15) is 5.69 Å². The van der Waals surface area contributed by atoms with Crippen LogP contribution in [0.2, 0.25) is 0 Å². The van der Waals surface area contributed by atoms with E-state index in [2.05, 4.69) is 20.5 Å². The predicted molar refractivity (Wildman–Crippen MR) is 140 cm³/mol. The number of nitrogens with zero attached hydrogens (tertiary/aromatic N) is 2. The molecule has 0 radical (unpaired) electrons. The molecule has 0 bridgehead atoms. The predicted octanol–water partition coefficient (Wildman–Crippen LogP) is 4.77. The van der Waals surface area contributed by atoms with Gasteiger partial charge in [-0.1, -0.05) is 38.1 Å². The van der Waals surface area contributed by atoms with E-state index in [-0.39, 0.29) is 11.7 Å². The highest BCUT2D eigenvalue weighted by Gasteiger charge is 2.23. The molecule has 3 aromatic rings. The molecule has 0 spiro atoms. The van der Waals surface area contributed by atoms with Gasteiger partial charge in [-0.05, 0) is 67.4 Å². The molecule has 196 valence electrons. The van der Waals surface area contributed by atoms with Crippen LogP contribution in [0.3, 0.4) is 0 Å². The molecule has 0 fully saturated rings. The lowest BCUT2D eigenvalue weighted by molar-refractivity contribution is 0.102. The third-order valence-electron chi connectivity index (χ3n) is 6.26. The van der Waals surface area contributed by atoms with Gasteiger partial charge in [-0.3, -0.25) is 14.7 Å². The van der Waals surface area contributed by atoms with Gasteiger partial charge in [-0.2, -0.15) is 0 Å². The minimum absolute atomic E-state index is 0.174. The van der Waals surface area contributed by atoms with Crippen LogP contribution in [0.5, 0.6) is 0 Å². The number of aromatic nitrogens is 1. The second-order valence-corrected chi connectivity index (χ2v) is 8.57. The summed E-state index contributed by atoms with van der Waals surface area (Å²) in [4.78, 5) is 30.8. The highest BCUT2D eigenvalue weighted by Crippen LogP contribution is 2.30. The minimum atomic E-state index is -0.906. The zero-order valence-electron chi connectivity index (χ0n) is 20.9. The smallest absolute Gasteiger partial charge is 0.312 e. The van der Waals surface area contributed by atoms with Crippen molar-refractivity contribution in [2.24, 2.45) is 5.73 Å². The van der Waals surface area contributed by atoms with E-state index in [0.29, 0.717) is 48.4 Å². The lowest BCUT2D eigenvalue weighted by Gasteiger charge is -2.31. The van der Waals surface area contributed by atoms with Gasteiger partial charge in [0, 0.05) is 12.2 Å². The first kappa shape index (κ1) is 27.5. The number of primary amides is 1. The number of nitrogen functional groups attached to an aromatic ring is 1. The maximum atomic E-state index is 14.0. The molecule has 0 aliphatic heterocycles. The van der Waals surface area contributed by atoms with Crippen molar-refractivity contribution < 1.29 is 18.4 Å². The molecule has 37 heavy (non-hydrogen) atoms. The highest BCUT2D eigenvalue weighted by atomic mass is 19.2. The van der Waals surface area contributed by atoms with Crippen molar-refractivity contribution in [3.05, 3.63) is 89.2 Å². The van der Waals surface area contributed by atoms with E-state index in [1.165, 1.54) is 12.3 Å². The number of rotatable bonds is 11. The molecule has 0 aliphatic carbocycles. The van der Waals surface area contributed by atoms with Gasteiger partial charge < -0.3 is 22.1 Å². The number of nitrogens with two attached hydrogens (primary N) is 2. The lowest BCUT2D eigenvalue weighted by Crippen LogP contribution is -2.35. The molecule has 0 saturated carbocycles. The van der Waals surface area contributed by atoms with Gasteiger partial charge in [0.2, 0.25) is 0 Å². The summed E-state index contributed by atoms with van der Waals surface area (Å²) < 4.78 is 27.5. The number of carbonyl (C=O) groups excluding carboxylic acids is 2. The van der Waals surface area contributed by atoms with Crippen molar-refractivity contribution in [1.82, 2.24) is 15.2 Å². The Morgan fingerprint density at radius 1 is 0.973 bits per heavy atom. The van der Waals surface area contributed by atoms with E-state index < -0.39 is 29.6 Å². The number of benzene rings is 2. The number of hydrogen-bond donors (Lipinski definition) is 4. The van der Waals surface area contributed by atoms with E-state index in [1.54, 1.807) is 42.5 Å². The van der Waals surface area contributed by atoms with Crippen LogP contribution in [0.4, 0.5) is 25.0 Å². The van der Waals surface area contributed by atoms with Crippen LogP contribution in [0.25, 0.3) is 0 Å². The summed E-state index contributed by atoms with van der Waals surface area (Å²) in [6.07, 6.45) is 2.47. The Bertz CT molecular complexity index is 1220. The Morgan fingerprint density at radius 3 is 2.27 bits per heavy atom. The summed E-state index contributed by atoms with van der Waals surface area (Å²) in [6, 6.07) is 12.6. The van der Waals surface area contributed by atoms with E-state index in [1.807, 2.05) is 13.8 Å². The number of hydrogen-bond acceptors (Lipinski definition) is 5. The zero-order valence-corrected chi connectivity index (χ0v) is 20.9. The topological polar surface area (TPSA) is 126 Å². The molecule has 0 aliphatic rings. The van der Waals surface area contributed by atoms with E-state index in [0.717, 1.165) is 6.07 Å². The van der Waals surface area contributed by atoms with Gasteiger partial charge in [-0.15, -0.1) is 0 Å². The van der Waals surface area contributed by atoms with Crippen LogP contribution in [-0.2, 0) is 0 Å². The Hall–Kier alpha value is -4.05. The zero-order chi connectivity index (χ0) is 26.9. The fourth-order valence-electron chi connectivity index (χ4n) is 4.31. The third-order valence-corrected chi connectivity index (χ3v) is 6.26. The summed E-state index contributed by atoms with van der Waals surface area (Å²) in [6.45, 7) is 5.38. The molecule has 1 heterocycles. The van der Waals surface area contributed by atoms with Gasteiger partial charge in [0.05, 0.1) is 17.4 Å². The van der Waals surface area contributed by atoms with Gasteiger partial charge in [0.15, 0.2) is 11.6 Å². The quantitative estimate of drug-likeness (QED) is 0.277. The Balaban J connectivity index is 1.78. The number of anilines is 2. The molecule has 6 N–H and O–H groups in total. The van der Waals surface area contributed by atoms with Crippen LogP contribution < -0.4 is 22.1 Å². The summed E-state index contributed by atoms with van der Waals surface area (Å²) in [5.41, 5.74) is 13.7. The molecule has 2 aromatic carbocycles. The van der Waals surface area contributed by atoms with Crippen molar-refractivity contribution in [3.8, 4) is 0 Å². The molecule has 2 unspecified atom stereocenters. The first-order valence-electron chi connectivity index (χ1n) is 12.1. The molecule has 10 heteroatoms. The van der Waals surface area contributed by atoms with Crippen molar-refractivity contribution in [1.29, 1.82) is 0 Å². The number of nitrogens with one attached hydrogen (secondary N) is 2. The number of halogens is 2. The maximum Gasteiger partial charge on any atom is 0.312 e. The third kappa shape index (κ3) is 7.23. The summed E-state index contributed by atoms with van der Waals surface area (Å²) in [5.74, 6) is -2.24. The summed E-state index contributed by atoms with van der Waals surface area (Å²) in [7, 11) is 0.